The Hall–Kier alpha value is -1.53. The zero-order valence-electron chi connectivity index (χ0n) is 9.40. The smallest absolute Gasteiger partial charge is 0.413 e. The summed E-state index contributed by atoms with van der Waals surface area (Å²) in [4.78, 5) is 14.3. The molecular weight excluding hydrogens is 240 g/mol. The van der Waals surface area contributed by atoms with Crippen molar-refractivity contribution in [1.82, 2.24) is 4.98 Å². The predicted molar refractivity (Wildman–Crippen MR) is 66.6 cm³/mol. The maximum absolute atomic E-state index is 10.7. The van der Waals surface area contributed by atoms with Gasteiger partial charge in [-0.3, -0.25) is 4.98 Å². The highest BCUT2D eigenvalue weighted by molar-refractivity contribution is 7.10. The van der Waals surface area contributed by atoms with Crippen LogP contribution >= 0.6 is 11.3 Å². The monoisotopic (exact) mass is 254 g/mol. The van der Waals surface area contributed by atoms with Crippen LogP contribution in [0.15, 0.2) is 26.9 Å². The van der Waals surface area contributed by atoms with Crippen molar-refractivity contribution < 1.29 is 9.52 Å². The molecule has 3 N–H and O–H groups in total. The molecule has 6 heteroatoms. The van der Waals surface area contributed by atoms with Gasteiger partial charge in [0.25, 0.3) is 0 Å². The van der Waals surface area contributed by atoms with E-state index in [1.165, 1.54) is 11.1 Å². The van der Waals surface area contributed by atoms with Crippen LogP contribution in [0.25, 0.3) is 0 Å². The van der Waals surface area contributed by atoms with Gasteiger partial charge in [0.1, 0.15) is 5.76 Å². The van der Waals surface area contributed by atoms with Crippen molar-refractivity contribution in [2.45, 2.75) is 19.4 Å². The Labute approximate surface area is 102 Å². The first-order valence-electron chi connectivity index (χ1n) is 5.28. The van der Waals surface area contributed by atoms with E-state index in [2.05, 4.69) is 10.3 Å². The van der Waals surface area contributed by atoms with Gasteiger partial charge in [-0.25, -0.2) is 4.79 Å². The minimum Gasteiger partial charge on any atom is -0.413 e. The van der Waals surface area contributed by atoms with Gasteiger partial charge >= 0.3 is 5.76 Å². The lowest BCUT2D eigenvalue weighted by molar-refractivity contribution is 0.179. The largest absolute Gasteiger partial charge is 0.416 e. The lowest BCUT2D eigenvalue weighted by Gasteiger charge is -2.10. The number of aliphatic hydroxyl groups excluding tert-OH is 1. The van der Waals surface area contributed by atoms with Gasteiger partial charge in [0.15, 0.2) is 0 Å². The first kappa shape index (κ1) is 11.9. The van der Waals surface area contributed by atoms with Crippen molar-refractivity contribution in [2.24, 2.45) is 0 Å². The molecule has 0 saturated carbocycles. The average Bonchev–Trinajstić information content (AvgIpc) is 2.85. The van der Waals surface area contributed by atoms with Crippen molar-refractivity contribution in [1.29, 1.82) is 0 Å². The first-order valence-corrected chi connectivity index (χ1v) is 6.16. The summed E-state index contributed by atoms with van der Waals surface area (Å²) in [6.45, 7) is 2.44. The Morgan fingerprint density at radius 2 is 2.47 bits per heavy atom. The number of aliphatic hydroxyl groups is 1. The van der Waals surface area contributed by atoms with Crippen molar-refractivity contribution in [3.05, 3.63) is 38.8 Å². The van der Waals surface area contributed by atoms with E-state index in [9.17, 15) is 9.90 Å². The number of aromatic amines is 1. The minimum atomic E-state index is -0.590. The molecular formula is C11H14N2O3S. The Kier molecular flexibility index (Phi) is 3.65. The summed E-state index contributed by atoms with van der Waals surface area (Å²) in [5.41, 5.74) is 1.03. The Morgan fingerprint density at radius 1 is 1.65 bits per heavy atom. The second-order valence-corrected chi connectivity index (χ2v) is 4.89. The summed E-state index contributed by atoms with van der Waals surface area (Å²) in [6.07, 6.45) is 1.20. The maximum Gasteiger partial charge on any atom is 0.416 e. The molecule has 0 aromatic carbocycles. The topological polar surface area (TPSA) is 78.3 Å². The molecule has 0 fully saturated rings. The van der Waals surface area contributed by atoms with Crippen LogP contribution in [0.5, 0.6) is 0 Å². The number of nitrogens with one attached hydrogen (secondary N) is 2. The summed E-state index contributed by atoms with van der Waals surface area (Å²) in [5.74, 6) is -0.0276. The van der Waals surface area contributed by atoms with Crippen molar-refractivity contribution in [3.8, 4) is 0 Å². The number of thiophene rings is 1. The predicted octanol–water partition coefficient (Wildman–Crippen LogP) is 1.35. The zero-order chi connectivity index (χ0) is 12.3. The van der Waals surface area contributed by atoms with Crippen LogP contribution in [0.1, 0.15) is 10.6 Å². The molecule has 0 saturated heterocycles. The van der Waals surface area contributed by atoms with Gasteiger partial charge in [0.05, 0.1) is 6.10 Å². The van der Waals surface area contributed by atoms with Gasteiger partial charge in [-0.1, -0.05) is 0 Å². The van der Waals surface area contributed by atoms with Crippen LogP contribution in [0, 0.1) is 6.92 Å². The van der Waals surface area contributed by atoms with E-state index >= 15 is 0 Å². The number of aromatic nitrogens is 1. The molecule has 2 aromatic rings. The first-order chi connectivity index (χ1) is 8.15. The van der Waals surface area contributed by atoms with Crippen LogP contribution in [0.2, 0.25) is 0 Å². The van der Waals surface area contributed by atoms with Crippen LogP contribution in [0.4, 0.5) is 5.69 Å². The standard InChI is InChI=1S/C11H14N2O3S/c1-7-10(2-3-17-7)12-5-8(14)4-9-6-13-11(15)16-9/h2-3,6,8,12,14H,4-5H2,1H3,(H,13,15). The van der Waals surface area contributed by atoms with E-state index in [-0.39, 0.29) is 0 Å². The van der Waals surface area contributed by atoms with Gasteiger partial charge in [-0.05, 0) is 18.4 Å². The number of hydrogen-bond donors (Lipinski definition) is 3. The summed E-state index contributed by atoms with van der Waals surface area (Å²) < 4.78 is 4.82. The molecule has 92 valence electrons. The van der Waals surface area contributed by atoms with Crippen molar-refractivity contribution in [2.75, 3.05) is 11.9 Å². The van der Waals surface area contributed by atoms with E-state index in [1.54, 1.807) is 11.3 Å². The highest BCUT2D eigenvalue weighted by Gasteiger charge is 2.09. The molecule has 0 radical (unpaired) electrons. The van der Waals surface area contributed by atoms with E-state index in [1.807, 2.05) is 18.4 Å². The molecule has 17 heavy (non-hydrogen) atoms. The number of aryl methyl sites for hydroxylation is 1. The fourth-order valence-corrected chi connectivity index (χ4v) is 2.19. The van der Waals surface area contributed by atoms with E-state index < -0.39 is 11.9 Å². The molecule has 0 bridgehead atoms. The molecule has 5 nitrogen and oxygen atoms in total. The molecule has 1 atom stereocenters. The minimum absolute atomic E-state index is 0.314. The summed E-state index contributed by atoms with van der Waals surface area (Å²) in [6, 6.07) is 1.98. The van der Waals surface area contributed by atoms with Gasteiger partial charge in [-0.2, -0.15) is 0 Å². The molecule has 0 amide bonds. The molecule has 1 unspecified atom stereocenters. The third kappa shape index (κ3) is 3.21. The van der Waals surface area contributed by atoms with Gasteiger partial charge in [-0.15, -0.1) is 11.3 Å². The van der Waals surface area contributed by atoms with E-state index in [4.69, 9.17) is 4.42 Å². The highest BCUT2D eigenvalue weighted by Crippen LogP contribution is 2.20. The SMILES string of the molecule is Cc1sccc1NCC(O)Cc1c[nH]c(=O)o1. The van der Waals surface area contributed by atoms with Gasteiger partial charge < -0.3 is 14.8 Å². The van der Waals surface area contributed by atoms with Crippen molar-refractivity contribution in [3.63, 3.8) is 0 Å². The van der Waals surface area contributed by atoms with Gasteiger partial charge in [0.2, 0.25) is 0 Å². The summed E-state index contributed by atoms with van der Waals surface area (Å²) in [7, 11) is 0. The maximum atomic E-state index is 10.7. The van der Waals surface area contributed by atoms with E-state index in [0.717, 1.165) is 5.69 Å². The molecule has 0 aliphatic rings. The molecule has 2 aromatic heterocycles. The number of H-pyrrole nitrogens is 1. The number of rotatable bonds is 5. The van der Waals surface area contributed by atoms with Crippen LogP contribution < -0.4 is 11.1 Å². The fraction of sp³-hybridized carbons (Fsp3) is 0.364. The number of oxazole rings is 1. The third-order valence-corrected chi connectivity index (χ3v) is 3.24. The fourth-order valence-electron chi connectivity index (χ4n) is 1.52. The second kappa shape index (κ2) is 5.20. The quantitative estimate of drug-likeness (QED) is 0.752. The Balaban J connectivity index is 1.84. The van der Waals surface area contributed by atoms with Crippen molar-refractivity contribution >= 4 is 17.0 Å². The molecule has 2 heterocycles. The average molecular weight is 254 g/mol. The lowest BCUT2D eigenvalue weighted by Crippen LogP contribution is -2.21. The number of hydrogen-bond acceptors (Lipinski definition) is 5. The number of anilines is 1. The Morgan fingerprint density at radius 3 is 3.06 bits per heavy atom. The highest BCUT2D eigenvalue weighted by atomic mass is 32.1. The molecule has 0 spiro atoms. The van der Waals surface area contributed by atoms with E-state index in [0.29, 0.717) is 18.7 Å². The summed E-state index contributed by atoms with van der Waals surface area (Å²) in [5, 5.41) is 14.9. The molecule has 2 rings (SSSR count). The third-order valence-electron chi connectivity index (χ3n) is 2.40. The van der Waals surface area contributed by atoms with Crippen LogP contribution in [-0.4, -0.2) is 22.7 Å². The van der Waals surface area contributed by atoms with Crippen LogP contribution in [-0.2, 0) is 6.42 Å². The lowest BCUT2D eigenvalue weighted by atomic mass is 10.2. The second-order valence-electron chi connectivity index (χ2n) is 3.77. The van der Waals surface area contributed by atoms with Crippen LogP contribution in [0.3, 0.4) is 0 Å². The zero-order valence-corrected chi connectivity index (χ0v) is 10.2. The molecule has 0 aliphatic heterocycles. The van der Waals surface area contributed by atoms with Gasteiger partial charge in [0, 0.05) is 29.7 Å². The Bertz CT molecular complexity index is 529. The summed E-state index contributed by atoms with van der Waals surface area (Å²) >= 11 is 1.65. The normalized spacial score (nSPS) is 12.6. The molecule has 0 aliphatic carbocycles.